The fourth-order valence-electron chi connectivity index (χ4n) is 4.77. The Kier molecular flexibility index (Phi) is 4.84. The lowest BCUT2D eigenvalue weighted by molar-refractivity contribution is -0.274. The van der Waals surface area contributed by atoms with Gasteiger partial charge in [0.15, 0.2) is 0 Å². The molecule has 3 atom stereocenters. The van der Waals surface area contributed by atoms with Crippen LogP contribution in [-0.4, -0.2) is 23.4 Å². The van der Waals surface area contributed by atoms with Crippen LogP contribution in [0.3, 0.4) is 0 Å². The largest absolute Gasteiger partial charge is 0.573 e. The Morgan fingerprint density at radius 3 is 2.37 bits per heavy atom. The third kappa shape index (κ3) is 3.85. The SMILES string of the molecule is O=C1[C@@H]2CC[C@H]1C[C@H](OCc1c(-c3ccccc3OC(F)(F)F)noc1C1CC1)C2. The van der Waals surface area contributed by atoms with E-state index >= 15 is 0 Å². The second-order valence-corrected chi connectivity index (χ2v) is 8.47. The molecule has 8 heteroatoms. The number of para-hydroxylation sites is 1. The van der Waals surface area contributed by atoms with E-state index in [1.165, 1.54) is 12.1 Å². The lowest BCUT2D eigenvalue weighted by Gasteiger charge is -2.26. The average Bonchev–Trinajstić information content (AvgIpc) is 3.42. The standard InChI is InChI=1S/C22H22F3NO4/c23-22(24,25)29-18-4-2-1-3-16(18)19-17(21(30-26-19)12-5-6-12)11-28-15-9-13-7-8-14(10-15)20(13)27/h1-4,12-15H,5-11H2/t13-,14+,15-. The van der Waals surface area contributed by atoms with Crippen molar-refractivity contribution in [2.75, 3.05) is 0 Å². The van der Waals surface area contributed by atoms with Crippen LogP contribution in [0.15, 0.2) is 28.8 Å². The molecule has 0 saturated heterocycles. The molecule has 5 nitrogen and oxygen atoms in total. The molecule has 0 N–H and O–H groups in total. The summed E-state index contributed by atoms with van der Waals surface area (Å²) in [6.07, 6.45) is 0.370. The van der Waals surface area contributed by atoms with Gasteiger partial charge in [-0.2, -0.15) is 0 Å². The van der Waals surface area contributed by atoms with Crippen molar-refractivity contribution in [3.8, 4) is 17.0 Å². The number of ether oxygens (including phenoxy) is 2. The van der Waals surface area contributed by atoms with E-state index < -0.39 is 6.36 Å². The smallest absolute Gasteiger partial charge is 0.405 e. The molecule has 0 spiro atoms. The van der Waals surface area contributed by atoms with Gasteiger partial charge in [0.1, 0.15) is 23.0 Å². The third-order valence-electron chi connectivity index (χ3n) is 6.36. The monoisotopic (exact) mass is 421 g/mol. The van der Waals surface area contributed by atoms with Gasteiger partial charge in [0, 0.05) is 28.9 Å². The molecule has 2 bridgehead atoms. The summed E-state index contributed by atoms with van der Waals surface area (Å²) in [5.74, 6) is 1.12. The van der Waals surface area contributed by atoms with Crippen molar-refractivity contribution in [2.45, 2.75) is 63.5 Å². The van der Waals surface area contributed by atoms with Crippen LogP contribution in [0.5, 0.6) is 5.75 Å². The van der Waals surface area contributed by atoms with Crippen molar-refractivity contribution in [3.05, 3.63) is 35.6 Å². The highest BCUT2D eigenvalue weighted by molar-refractivity contribution is 5.86. The predicted octanol–water partition coefficient (Wildman–Crippen LogP) is 5.39. The molecule has 160 valence electrons. The van der Waals surface area contributed by atoms with E-state index in [0.717, 1.165) is 25.7 Å². The fourth-order valence-corrected chi connectivity index (χ4v) is 4.77. The lowest BCUT2D eigenvalue weighted by Crippen LogP contribution is -2.31. The summed E-state index contributed by atoms with van der Waals surface area (Å²) in [5.41, 5.74) is 1.23. The Hall–Kier alpha value is -2.35. The average molecular weight is 421 g/mol. The molecule has 3 saturated carbocycles. The normalized spacial score (nSPS) is 26.2. The number of ketones is 1. The summed E-state index contributed by atoms with van der Waals surface area (Å²) in [5, 5.41) is 4.10. The zero-order valence-electron chi connectivity index (χ0n) is 16.3. The summed E-state index contributed by atoms with van der Waals surface area (Å²) in [6, 6.07) is 5.93. The maximum Gasteiger partial charge on any atom is 0.573 e. The van der Waals surface area contributed by atoms with Gasteiger partial charge in [0.2, 0.25) is 0 Å². The van der Waals surface area contributed by atoms with Crippen LogP contribution >= 0.6 is 0 Å². The molecule has 0 amide bonds. The van der Waals surface area contributed by atoms with Crippen LogP contribution in [0.2, 0.25) is 0 Å². The van der Waals surface area contributed by atoms with Crippen molar-refractivity contribution >= 4 is 5.78 Å². The first kappa shape index (κ1) is 19.6. The van der Waals surface area contributed by atoms with Gasteiger partial charge in [0.05, 0.1) is 12.7 Å². The van der Waals surface area contributed by atoms with Crippen molar-refractivity contribution in [3.63, 3.8) is 0 Å². The maximum atomic E-state index is 12.9. The molecule has 3 aliphatic carbocycles. The number of hydrogen-bond acceptors (Lipinski definition) is 5. The summed E-state index contributed by atoms with van der Waals surface area (Å²) < 4.78 is 54.5. The van der Waals surface area contributed by atoms with Gasteiger partial charge in [-0.05, 0) is 50.7 Å². The minimum Gasteiger partial charge on any atom is -0.405 e. The summed E-state index contributed by atoms with van der Waals surface area (Å²) >= 11 is 0. The fraction of sp³-hybridized carbons (Fsp3) is 0.545. The Bertz CT molecular complexity index is 934. The van der Waals surface area contributed by atoms with E-state index in [1.54, 1.807) is 12.1 Å². The van der Waals surface area contributed by atoms with Gasteiger partial charge in [-0.25, -0.2) is 0 Å². The molecule has 1 heterocycles. The van der Waals surface area contributed by atoms with Crippen molar-refractivity contribution in [1.29, 1.82) is 0 Å². The number of benzene rings is 1. The van der Waals surface area contributed by atoms with Gasteiger partial charge in [-0.3, -0.25) is 4.79 Å². The molecule has 3 fully saturated rings. The highest BCUT2D eigenvalue weighted by Crippen LogP contribution is 2.46. The molecule has 5 rings (SSSR count). The summed E-state index contributed by atoms with van der Waals surface area (Å²) in [7, 11) is 0. The molecule has 2 aromatic rings. The predicted molar refractivity (Wildman–Crippen MR) is 99.6 cm³/mol. The first-order chi connectivity index (χ1) is 14.4. The van der Waals surface area contributed by atoms with E-state index in [2.05, 4.69) is 9.89 Å². The van der Waals surface area contributed by atoms with E-state index in [9.17, 15) is 18.0 Å². The summed E-state index contributed by atoms with van der Waals surface area (Å²) in [6.45, 7) is 0.198. The topological polar surface area (TPSA) is 61.6 Å². The molecule has 0 radical (unpaired) electrons. The van der Waals surface area contributed by atoms with Crippen LogP contribution < -0.4 is 4.74 Å². The molecule has 1 aromatic carbocycles. The van der Waals surface area contributed by atoms with Gasteiger partial charge < -0.3 is 14.0 Å². The molecular formula is C22H22F3NO4. The number of carbonyl (C=O) groups excluding carboxylic acids is 1. The van der Waals surface area contributed by atoms with Gasteiger partial charge >= 0.3 is 6.36 Å². The van der Waals surface area contributed by atoms with Gasteiger partial charge in [-0.15, -0.1) is 13.2 Å². The number of aromatic nitrogens is 1. The molecule has 3 aliphatic rings. The molecule has 0 unspecified atom stereocenters. The molecule has 30 heavy (non-hydrogen) atoms. The number of Topliss-reactive ketones (excluding diaryl/α,β-unsaturated/α-hetero) is 1. The van der Waals surface area contributed by atoms with Crippen molar-refractivity contribution < 1.29 is 32.0 Å². The van der Waals surface area contributed by atoms with E-state index in [-0.39, 0.29) is 41.8 Å². The number of hydrogen-bond donors (Lipinski definition) is 0. The first-order valence-electron chi connectivity index (χ1n) is 10.4. The number of carbonyl (C=O) groups is 1. The second-order valence-electron chi connectivity index (χ2n) is 8.47. The minimum absolute atomic E-state index is 0.0309. The van der Waals surface area contributed by atoms with Crippen LogP contribution in [0.25, 0.3) is 11.3 Å². The Balaban J connectivity index is 1.41. The third-order valence-corrected chi connectivity index (χ3v) is 6.36. The van der Waals surface area contributed by atoms with Crippen LogP contribution in [-0.2, 0) is 16.1 Å². The zero-order valence-corrected chi connectivity index (χ0v) is 16.3. The Labute approximate surface area is 171 Å². The number of rotatable bonds is 6. The van der Waals surface area contributed by atoms with Crippen molar-refractivity contribution in [1.82, 2.24) is 5.16 Å². The quantitative estimate of drug-likeness (QED) is 0.626. The highest BCUT2D eigenvalue weighted by atomic mass is 19.4. The highest BCUT2D eigenvalue weighted by Gasteiger charge is 2.42. The summed E-state index contributed by atoms with van der Waals surface area (Å²) in [4.78, 5) is 12.1. The van der Waals surface area contributed by atoms with Crippen molar-refractivity contribution in [2.24, 2.45) is 11.8 Å². The zero-order chi connectivity index (χ0) is 20.9. The number of alkyl halides is 3. The van der Waals surface area contributed by atoms with E-state index in [4.69, 9.17) is 9.26 Å². The Morgan fingerprint density at radius 1 is 1.03 bits per heavy atom. The maximum absolute atomic E-state index is 12.9. The number of fused-ring (bicyclic) bond motifs is 2. The van der Waals surface area contributed by atoms with E-state index in [0.29, 0.717) is 35.6 Å². The molecule has 1 aromatic heterocycles. The van der Waals surface area contributed by atoms with Crippen LogP contribution in [0.1, 0.15) is 55.8 Å². The first-order valence-corrected chi connectivity index (χ1v) is 10.4. The van der Waals surface area contributed by atoms with Gasteiger partial charge in [-0.1, -0.05) is 17.3 Å². The molecular weight excluding hydrogens is 399 g/mol. The van der Waals surface area contributed by atoms with E-state index in [1.807, 2.05) is 0 Å². The molecule has 0 aliphatic heterocycles. The number of halogens is 3. The second kappa shape index (κ2) is 7.41. The minimum atomic E-state index is -4.80. The lowest BCUT2D eigenvalue weighted by atomic mass is 9.86. The van der Waals surface area contributed by atoms with Crippen LogP contribution in [0.4, 0.5) is 13.2 Å². The number of nitrogens with zero attached hydrogens (tertiary/aromatic N) is 1. The van der Waals surface area contributed by atoms with Gasteiger partial charge in [0.25, 0.3) is 0 Å². The Morgan fingerprint density at radius 2 is 1.70 bits per heavy atom. The van der Waals surface area contributed by atoms with Crippen LogP contribution in [0, 0.1) is 11.8 Å².